The second-order valence-electron chi connectivity index (χ2n) is 4.58. The molecule has 1 fully saturated rings. The van der Waals surface area contributed by atoms with Crippen LogP contribution in [-0.2, 0) is 0 Å². The average molecular weight is 202 g/mol. The zero-order valence-corrected chi connectivity index (χ0v) is 8.77. The van der Waals surface area contributed by atoms with Crippen molar-refractivity contribution in [3.05, 3.63) is 10.1 Å². The average Bonchev–Trinajstić information content (AvgIpc) is 2.08. The van der Waals surface area contributed by atoms with Crippen molar-refractivity contribution < 1.29 is 10.0 Å². The van der Waals surface area contributed by atoms with Crippen LogP contribution in [0.4, 0.5) is 0 Å². The van der Waals surface area contributed by atoms with Crippen LogP contribution in [0.25, 0.3) is 0 Å². The molecule has 1 rings (SSSR count). The molecule has 0 bridgehead atoms. The lowest BCUT2D eigenvalue weighted by Gasteiger charge is -2.32. The molecular formula is C9H18N2O3. The van der Waals surface area contributed by atoms with E-state index in [0.717, 1.165) is 25.9 Å². The molecule has 14 heavy (non-hydrogen) atoms. The van der Waals surface area contributed by atoms with Gasteiger partial charge < -0.3 is 5.11 Å². The maximum atomic E-state index is 10.7. The minimum Gasteiger partial charge on any atom is -0.393 e. The Morgan fingerprint density at radius 2 is 2.00 bits per heavy atom. The van der Waals surface area contributed by atoms with Crippen LogP contribution in [0.15, 0.2) is 0 Å². The quantitative estimate of drug-likeness (QED) is 0.534. The Balaban J connectivity index is 2.41. The summed E-state index contributed by atoms with van der Waals surface area (Å²) in [5, 5.41) is 20.0. The maximum absolute atomic E-state index is 10.7. The lowest BCUT2D eigenvalue weighted by Crippen LogP contribution is -2.47. The van der Waals surface area contributed by atoms with E-state index in [4.69, 9.17) is 0 Å². The molecule has 0 spiro atoms. The molecule has 1 saturated heterocycles. The van der Waals surface area contributed by atoms with Crippen molar-refractivity contribution in [2.75, 3.05) is 19.6 Å². The number of rotatable bonds is 3. The number of nitrogens with zero attached hydrogens (tertiary/aromatic N) is 2. The van der Waals surface area contributed by atoms with E-state index in [-0.39, 0.29) is 11.0 Å². The predicted octanol–water partition coefficient (Wildman–Crippen LogP) is 0.498. The molecule has 0 atom stereocenters. The minimum atomic E-state index is -0.887. The van der Waals surface area contributed by atoms with E-state index in [1.54, 1.807) is 13.8 Å². The lowest BCUT2D eigenvalue weighted by atomic mass is 10.0. The fourth-order valence-corrected chi connectivity index (χ4v) is 1.68. The third-order valence-electron chi connectivity index (χ3n) is 2.66. The van der Waals surface area contributed by atoms with E-state index < -0.39 is 5.54 Å². The van der Waals surface area contributed by atoms with Gasteiger partial charge in [0.2, 0.25) is 5.54 Å². The summed E-state index contributed by atoms with van der Waals surface area (Å²) < 4.78 is 0. The Kier molecular flexibility index (Phi) is 3.44. The molecule has 1 N–H and O–H groups in total. The molecule has 0 aliphatic carbocycles. The van der Waals surface area contributed by atoms with Gasteiger partial charge in [-0.25, -0.2) is 0 Å². The van der Waals surface area contributed by atoms with Crippen molar-refractivity contribution >= 4 is 0 Å². The second kappa shape index (κ2) is 4.23. The highest BCUT2D eigenvalue weighted by atomic mass is 16.6. The molecule has 5 heteroatoms. The van der Waals surface area contributed by atoms with E-state index in [1.165, 1.54) is 0 Å². The van der Waals surface area contributed by atoms with Crippen LogP contribution in [0.3, 0.4) is 0 Å². The first kappa shape index (κ1) is 11.4. The van der Waals surface area contributed by atoms with E-state index in [0.29, 0.717) is 6.54 Å². The van der Waals surface area contributed by atoms with Gasteiger partial charge in [0.25, 0.3) is 0 Å². The van der Waals surface area contributed by atoms with Crippen molar-refractivity contribution in [2.24, 2.45) is 0 Å². The maximum Gasteiger partial charge on any atom is 0.229 e. The van der Waals surface area contributed by atoms with Crippen LogP contribution >= 0.6 is 0 Å². The fraction of sp³-hybridized carbons (Fsp3) is 1.00. The summed E-state index contributed by atoms with van der Waals surface area (Å²) in [6.07, 6.45) is 1.24. The zero-order chi connectivity index (χ0) is 10.8. The molecule has 1 aliphatic heterocycles. The summed E-state index contributed by atoms with van der Waals surface area (Å²) >= 11 is 0. The van der Waals surface area contributed by atoms with Gasteiger partial charge in [-0.3, -0.25) is 15.0 Å². The van der Waals surface area contributed by atoms with Gasteiger partial charge in [0.1, 0.15) is 0 Å². The first-order valence-electron chi connectivity index (χ1n) is 4.97. The highest BCUT2D eigenvalue weighted by Gasteiger charge is 2.34. The molecule has 0 aromatic carbocycles. The first-order valence-corrected chi connectivity index (χ1v) is 4.97. The molecule has 0 saturated carbocycles. The van der Waals surface area contributed by atoms with Gasteiger partial charge >= 0.3 is 0 Å². The van der Waals surface area contributed by atoms with Crippen LogP contribution in [-0.4, -0.2) is 46.2 Å². The smallest absolute Gasteiger partial charge is 0.229 e. The number of hydrogen-bond acceptors (Lipinski definition) is 4. The molecule has 1 heterocycles. The zero-order valence-electron chi connectivity index (χ0n) is 8.77. The molecule has 0 aromatic heterocycles. The predicted molar refractivity (Wildman–Crippen MR) is 52.8 cm³/mol. The number of aliphatic hydroxyl groups is 1. The molecule has 1 aliphatic rings. The molecule has 5 nitrogen and oxygen atoms in total. The second-order valence-corrected chi connectivity index (χ2v) is 4.58. The summed E-state index contributed by atoms with van der Waals surface area (Å²) in [7, 11) is 0. The SMILES string of the molecule is CC(C)(CN1CCC(O)CC1)[N+](=O)[O-]. The lowest BCUT2D eigenvalue weighted by molar-refractivity contribution is -0.561. The van der Waals surface area contributed by atoms with Gasteiger partial charge in [-0.1, -0.05) is 0 Å². The standard InChI is InChI=1S/C9H18N2O3/c1-9(2,11(13)14)7-10-5-3-8(12)4-6-10/h8,12H,3-7H2,1-2H3. The van der Waals surface area contributed by atoms with Gasteiger partial charge in [0.05, 0.1) is 12.6 Å². The molecule has 82 valence electrons. The van der Waals surface area contributed by atoms with Crippen molar-refractivity contribution in [3.63, 3.8) is 0 Å². The Bertz CT molecular complexity index is 210. The van der Waals surface area contributed by atoms with Crippen LogP contribution < -0.4 is 0 Å². The van der Waals surface area contributed by atoms with Crippen molar-refractivity contribution in [1.29, 1.82) is 0 Å². The molecule has 0 unspecified atom stereocenters. The molecular weight excluding hydrogens is 184 g/mol. The minimum absolute atomic E-state index is 0.218. The highest BCUT2D eigenvalue weighted by molar-refractivity contribution is 4.78. The van der Waals surface area contributed by atoms with Gasteiger partial charge in [-0.2, -0.15) is 0 Å². The Hall–Kier alpha value is -0.680. The van der Waals surface area contributed by atoms with E-state index in [1.807, 2.05) is 0 Å². The number of nitro groups is 1. The van der Waals surface area contributed by atoms with Crippen LogP contribution in [0, 0.1) is 10.1 Å². The van der Waals surface area contributed by atoms with Crippen molar-refractivity contribution in [2.45, 2.75) is 38.3 Å². The third-order valence-corrected chi connectivity index (χ3v) is 2.66. The van der Waals surface area contributed by atoms with Crippen molar-refractivity contribution in [3.8, 4) is 0 Å². The Morgan fingerprint density at radius 1 is 1.50 bits per heavy atom. The normalized spacial score (nSPS) is 21.1. The fourth-order valence-electron chi connectivity index (χ4n) is 1.68. The molecule has 0 radical (unpaired) electrons. The number of aliphatic hydroxyl groups excluding tert-OH is 1. The van der Waals surface area contributed by atoms with E-state index in [2.05, 4.69) is 4.90 Å². The van der Waals surface area contributed by atoms with Gasteiger partial charge in [0, 0.05) is 31.9 Å². The Labute approximate surface area is 83.9 Å². The van der Waals surface area contributed by atoms with Gasteiger partial charge in [-0.05, 0) is 12.8 Å². The van der Waals surface area contributed by atoms with Crippen LogP contribution in [0.5, 0.6) is 0 Å². The molecule has 0 aromatic rings. The van der Waals surface area contributed by atoms with E-state index in [9.17, 15) is 15.2 Å². The van der Waals surface area contributed by atoms with Crippen molar-refractivity contribution in [1.82, 2.24) is 4.90 Å². The highest BCUT2D eigenvalue weighted by Crippen LogP contribution is 2.15. The van der Waals surface area contributed by atoms with Gasteiger partial charge in [-0.15, -0.1) is 0 Å². The summed E-state index contributed by atoms with van der Waals surface area (Å²) in [6.45, 7) is 5.26. The monoisotopic (exact) mass is 202 g/mol. The first-order chi connectivity index (χ1) is 6.42. The third kappa shape index (κ3) is 2.92. The number of likely N-dealkylation sites (tertiary alicyclic amines) is 1. The van der Waals surface area contributed by atoms with E-state index >= 15 is 0 Å². The molecule has 0 amide bonds. The Morgan fingerprint density at radius 3 is 2.43 bits per heavy atom. The number of piperidine rings is 1. The summed E-state index contributed by atoms with van der Waals surface area (Å²) in [5.41, 5.74) is -0.887. The largest absolute Gasteiger partial charge is 0.393 e. The topological polar surface area (TPSA) is 66.6 Å². The van der Waals surface area contributed by atoms with Gasteiger partial charge in [0.15, 0.2) is 0 Å². The summed E-state index contributed by atoms with van der Waals surface area (Å²) in [4.78, 5) is 12.5. The van der Waals surface area contributed by atoms with Crippen LogP contribution in [0.1, 0.15) is 26.7 Å². The van der Waals surface area contributed by atoms with Crippen LogP contribution in [0.2, 0.25) is 0 Å². The summed E-state index contributed by atoms with van der Waals surface area (Å²) in [6, 6.07) is 0. The summed E-state index contributed by atoms with van der Waals surface area (Å²) in [5.74, 6) is 0. The number of hydrogen-bond donors (Lipinski definition) is 1.